The lowest BCUT2D eigenvalue weighted by atomic mass is 10.2. The van der Waals surface area contributed by atoms with E-state index in [1.165, 1.54) is 23.5 Å². The third-order valence-corrected chi connectivity index (χ3v) is 3.93. The first-order valence-corrected chi connectivity index (χ1v) is 6.95. The third-order valence-electron chi connectivity index (χ3n) is 2.52. The number of thiophene rings is 1. The Morgan fingerprint density at radius 3 is 2.79 bits per heavy atom. The summed E-state index contributed by atoms with van der Waals surface area (Å²) in [5.41, 5.74) is 7.17. The molecule has 0 saturated carbocycles. The highest BCUT2D eigenvalue weighted by atomic mass is 79.9. The predicted octanol–water partition coefficient (Wildman–Crippen LogP) is 3.95. The minimum Gasteiger partial charge on any atom is -0.390 e. The molecule has 0 aliphatic heterocycles. The molecule has 0 atom stereocenters. The molecular weight excluding hydrogens is 333 g/mol. The number of hydrogen-bond acceptors (Lipinski definition) is 5. The van der Waals surface area contributed by atoms with Crippen molar-refractivity contribution in [3.05, 3.63) is 39.9 Å². The van der Waals surface area contributed by atoms with Crippen LogP contribution in [0.3, 0.4) is 0 Å². The van der Waals surface area contributed by atoms with Gasteiger partial charge in [-0.2, -0.15) is 4.98 Å². The molecule has 0 aliphatic rings. The predicted molar refractivity (Wildman–Crippen MR) is 75.1 cm³/mol. The molecule has 0 aliphatic carbocycles. The second-order valence-corrected chi connectivity index (χ2v) is 5.55. The maximum Gasteiger partial charge on any atom is 0.261 e. The molecule has 4 nitrogen and oxygen atoms in total. The molecule has 0 saturated heterocycles. The minimum atomic E-state index is -0.332. The third kappa shape index (κ3) is 2.26. The average molecular weight is 340 g/mol. The highest BCUT2D eigenvalue weighted by molar-refractivity contribution is 9.10. The standard InChI is InChI=1S/C12H7BrFN3OS/c13-9-5-6(14)1-2-7(9)11-16-12(18-17-11)8-3-4-19-10(8)15/h1-5H,15H2. The summed E-state index contributed by atoms with van der Waals surface area (Å²) in [6, 6.07) is 6.10. The fraction of sp³-hybridized carbons (Fsp3) is 0. The molecule has 2 heterocycles. The molecular formula is C12H7BrFN3OS. The molecule has 0 radical (unpaired) electrons. The van der Waals surface area contributed by atoms with E-state index in [0.29, 0.717) is 32.3 Å². The lowest BCUT2D eigenvalue weighted by molar-refractivity contribution is 0.432. The lowest BCUT2D eigenvalue weighted by Crippen LogP contribution is -1.85. The summed E-state index contributed by atoms with van der Waals surface area (Å²) < 4.78 is 18.8. The summed E-state index contributed by atoms with van der Waals surface area (Å²) in [5.74, 6) is 0.402. The molecule has 19 heavy (non-hydrogen) atoms. The molecule has 0 unspecified atom stereocenters. The molecule has 0 bridgehead atoms. The van der Waals surface area contributed by atoms with Gasteiger partial charge in [0.05, 0.1) is 10.6 Å². The molecule has 7 heteroatoms. The number of benzene rings is 1. The fourth-order valence-corrected chi connectivity index (χ4v) is 2.77. The Morgan fingerprint density at radius 2 is 2.11 bits per heavy atom. The van der Waals surface area contributed by atoms with Crippen molar-refractivity contribution in [2.24, 2.45) is 0 Å². The Balaban J connectivity index is 2.04. The Hall–Kier alpha value is -1.73. The van der Waals surface area contributed by atoms with E-state index in [4.69, 9.17) is 10.3 Å². The van der Waals surface area contributed by atoms with Crippen molar-refractivity contribution in [1.82, 2.24) is 10.1 Å². The topological polar surface area (TPSA) is 64.9 Å². The number of anilines is 1. The van der Waals surface area contributed by atoms with E-state index in [-0.39, 0.29) is 5.82 Å². The number of halogens is 2. The maximum absolute atomic E-state index is 13.0. The van der Waals surface area contributed by atoms with Crippen LogP contribution in [0.25, 0.3) is 22.8 Å². The first-order valence-electron chi connectivity index (χ1n) is 5.27. The van der Waals surface area contributed by atoms with E-state index < -0.39 is 0 Å². The number of nitrogens with zero attached hydrogens (tertiary/aromatic N) is 2. The molecule has 2 aromatic heterocycles. The summed E-state index contributed by atoms with van der Waals surface area (Å²) in [5, 5.41) is 6.35. The van der Waals surface area contributed by atoms with Crippen molar-refractivity contribution >= 4 is 32.3 Å². The van der Waals surface area contributed by atoms with Gasteiger partial charge in [-0.3, -0.25) is 0 Å². The van der Waals surface area contributed by atoms with Gasteiger partial charge in [0, 0.05) is 10.0 Å². The summed E-state index contributed by atoms with van der Waals surface area (Å²) in [6.45, 7) is 0. The fourth-order valence-electron chi connectivity index (χ4n) is 1.61. The molecule has 0 fully saturated rings. The van der Waals surface area contributed by atoms with Crippen LogP contribution in [0.5, 0.6) is 0 Å². The van der Waals surface area contributed by atoms with Crippen LogP contribution < -0.4 is 5.73 Å². The van der Waals surface area contributed by atoms with E-state index in [1.807, 2.05) is 11.4 Å². The molecule has 0 spiro atoms. The van der Waals surface area contributed by atoms with Gasteiger partial charge in [0.1, 0.15) is 5.82 Å². The first kappa shape index (κ1) is 12.3. The van der Waals surface area contributed by atoms with Crippen LogP contribution in [0.2, 0.25) is 0 Å². The summed E-state index contributed by atoms with van der Waals surface area (Å²) in [6.07, 6.45) is 0. The second kappa shape index (κ2) is 4.75. The van der Waals surface area contributed by atoms with Crippen molar-refractivity contribution in [1.29, 1.82) is 0 Å². The van der Waals surface area contributed by atoms with E-state index in [1.54, 1.807) is 6.07 Å². The van der Waals surface area contributed by atoms with Crippen LogP contribution >= 0.6 is 27.3 Å². The van der Waals surface area contributed by atoms with Crippen LogP contribution in [-0.2, 0) is 0 Å². The second-order valence-electron chi connectivity index (χ2n) is 3.75. The smallest absolute Gasteiger partial charge is 0.261 e. The minimum absolute atomic E-state index is 0.332. The van der Waals surface area contributed by atoms with Crippen molar-refractivity contribution in [2.75, 3.05) is 5.73 Å². The summed E-state index contributed by atoms with van der Waals surface area (Å²) >= 11 is 4.67. The van der Waals surface area contributed by atoms with Gasteiger partial charge in [-0.15, -0.1) is 11.3 Å². The van der Waals surface area contributed by atoms with Gasteiger partial charge in [-0.25, -0.2) is 4.39 Å². The maximum atomic E-state index is 13.0. The van der Waals surface area contributed by atoms with Gasteiger partial charge >= 0.3 is 0 Å². The zero-order valence-electron chi connectivity index (χ0n) is 9.43. The lowest BCUT2D eigenvalue weighted by Gasteiger charge is -1.98. The van der Waals surface area contributed by atoms with Gasteiger partial charge in [0.15, 0.2) is 0 Å². The van der Waals surface area contributed by atoms with Crippen molar-refractivity contribution < 1.29 is 8.91 Å². The van der Waals surface area contributed by atoms with Crippen molar-refractivity contribution in [3.63, 3.8) is 0 Å². The van der Waals surface area contributed by atoms with Crippen LogP contribution in [0, 0.1) is 5.82 Å². The number of rotatable bonds is 2. The van der Waals surface area contributed by atoms with E-state index >= 15 is 0 Å². The highest BCUT2D eigenvalue weighted by Crippen LogP contribution is 2.32. The largest absolute Gasteiger partial charge is 0.390 e. The van der Waals surface area contributed by atoms with Gasteiger partial charge < -0.3 is 10.3 Å². The Kier molecular flexibility index (Phi) is 3.08. The molecule has 3 rings (SSSR count). The summed E-state index contributed by atoms with van der Waals surface area (Å²) in [7, 11) is 0. The van der Waals surface area contributed by atoms with Crippen LogP contribution in [0.15, 0.2) is 38.6 Å². The van der Waals surface area contributed by atoms with Gasteiger partial charge in [0.2, 0.25) is 5.82 Å². The van der Waals surface area contributed by atoms with Gasteiger partial charge in [0.25, 0.3) is 5.89 Å². The number of nitrogens with two attached hydrogens (primary N) is 1. The number of nitrogen functional groups attached to an aromatic ring is 1. The average Bonchev–Trinajstić information content (AvgIpc) is 2.97. The molecule has 96 valence electrons. The van der Waals surface area contributed by atoms with Crippen LogP contribution in [0.1, 0.15) is 0 Å². The molecule has 2 N–H and O–H groups in total. The number of aromatic nitrogens is 2. The molecule has 0 amide bonds. The quantitative estimate of drug-likeness (QED) is 0.767. The zero-order chi connectivity index (χ0) is 13.4. The van der Waals surface area contributed by atoms with E-state index in [0.717, 1.165) is 0 Å². The molecule has 1 aromatic carbocycles. The monoisotopic (exact) mass is 339 g/mol. The van der Waals surface area contributed by atoms with Gasteiger partial charge in [-0.05, 0) is 45.6 Å². The first-order chi connectivity index (χ1) is 9.15. The van der Waals surface area contributed by atoms with Crippen molar-refractivity contribution in [2.45, 2.75) is 0 Å². The summed E-state index contributed by atoms with van der Waals surface area (Å²) in [4.78, 5) is 4.27. The Bertz CT molecular complexity index is 740. The van der Waals surface area contributed by atoms with Crippen molar-refractivity contribution in [3.8, 4) is 22.8 Å². The van der Waals surface area contributed by atoms with Gasteiger partial charge in [-0.1, -0.05) is 5.16 Å². The van der Waals surface area contributed by atoms with E-state index in [9.17, 15) is 4.39 Å². The van der Waals surface area contributed by atoms with E-state index in [2.05, 4.69) is 26.1 Å². The number of hydrogen-bond donors (Lipinski definition) is 1. The van der Waals surface area contributed by atoms with Crippen LogP contribution in [0.4, 0.5) is 9.39 Å². The zero-order valence-corrected chi connectivity index (χ0v) is 11.8. The Morgan fingerprint density at radius 1 is 1.26 bits per heavy atom. The normalized spacial score (nSPS) is 10.8. The van der Waals surface area contributed by atoms with Crippen LogP contribution in [-0.4, -0.2) is 10.1 Å². The SMILES string of the molecule is Nc1sccc1-c1nc(-c2ccc(F)cc2Br)no1. The Labute approximate surface area is 120 Å². The molecule has 3 aromatic rings. The highest BCUT2D eigenvalue weighted by Gasteiger charge is 2.15.